The van der Waals surface area contributed by atoms with Crippen molar-refractivity contribution >= 4 is 5.97 Å². The number of carbonyl (C=O) groups is 1. The van der Waals surface area contributed by atoms with Crippen LogP contribution in [-0.4, -0.2) is 41.6 Å². The molecule has 3 atom stereocenters. The molecule has 3 unspecified atom stereocenters. The third-order valence-electron chi connectivity index (χ3n) is 4.20. The zero-order valence-electron chi connectivity index (χ0n) is 12.2. The van der Waals surface area contributed by atoms with Crippen LogP contribution in [0, 0.1) is 0 Å². The zero-order valence-corrected chi connectivity index (χ0v) is 12.2. The van der Waals surface area contributed by atoms with Crippen LogP contribution in [0.2, 0.25) is 0 Å². The van der Waals surface area contributed by atoms with Crippen LogP contribution in [0.5, 0.6) is 0 Å². The fourth-order valence-corrected chi connectivity index (χ4v) is 2.96. The predicted octanol–water partition coefficient (Wildman–Crippen LogP) is 1.92. The van der Waals surface area contributed by atoms with Gasteiger partial charge >= 0.3 is 5.97 Å². The van der Waals surface area contributed by atoms with Crippen molar-refractivity contribution in [2.45, 2.75) is 71.0 Å². The highest BCUT2D eigenvalue weighted by molar-refractivity contribution is 5.81. The van der Waals surface area contributed by atoms with Gasteiger partial charge in [0.1, 0.15) is 5.54 Å². The maximum Gasteiger partial charge on any atom is 0.326 e. The molecule has 4 nitrogen and oxygen atoms in total. The van der Waals surface area contributed by atoms with Gasteiger partial charge in [-0.15, -0.1) is 0 Å². The third-order valence-corrected chi connectivity index (χ3v) is 4.20. The number of rotatable bonds is 6. The largest absolute Gasteiger partial charge is 0.465 e. The second-order valence-electron chi connectivity index (χ2n) is 5.36. The second kappa shape index (κ2) is 6.53. The van der Waals surface area contributed by atoms with Crippen LogP contribution in [0.25, 0.3) is 0 Å². The van der Waals surface area contributed by atoms with Crippen LogP contribution in [0.4, 0.5) is 0 Å². The second-order valence-corrected chi connectivity index (χ2v) is 5.36. The number of hydrogen-bond acceptors (Lipinski definition) is 4. The minimum atomic E-state index is -0.762. The molecule has 0 bridgehead atoms. The van der Waals surface area contributed by atoms with Crippen LogP contribution >= 0.6 is 0 Å². The molecule has 1 rings (SSSR count). The molecule has 0 heterocycles. The highest BCUT2D eigenvalue weighted by Crippen LogP contribution is 2.33. The van der Waals surface area contributed by atoms with Crippen LogP contribution in [0.3, 0.4) is 0 Å². The summed E-state index contributed by atoms with van der Waals surface area (Å²) in [7, 11) is 0. The van der Waals surface area contributed by atoms with Gasteiger partial charge in [0.25, 0.3) is 0 Å². The molecule has 1 aliphatic carbocycles. The van der Waals surface area contributed by atoms with E-state index in [-0.39, 0.29) is 5.97 Å². The van der Waals surface area contributed by atoms with Gasteiger partial charge in [0.05, 0.1) is 6.61 Å². The Balaban J connectivity index is 2.66. The van der Waals surface area contributed by atoms with Gasteiger partial charge in [-0.1, -0.05) is 13.8 Å². The summed E-state index contributed by atoms with van der Waals surface area (Å²) in [5.41, 5.74) is 5.45. The first-order valence-electron chi connectivity index (χ1n) is 7.20. The summed E-state index contributed by atoms with van der Waals surface area (Å²) in [6.45, 7) is 9.86. The van der Waals surface area contributed by atoms with E-state index in [1.807, 2.05) is 6.92 Å². The number of ether oxygens (including phenoxy) is 1. The van der Waals surface area contributed by atoms with E-state index in [2.05, 4.69) is 25.7 Å². The topological polar surface area (TPSA) is 55.6 Å². The van der Waals surface area contributed by atoms with Crippen molar-refractivity contribution in [3.63, 3.8) is 0 Å². The molecular formula is C14H28N2O2. The van der Waals surface area contributed by atoms with E-state index in [0.29, 0.717) is 18.7 Å². The average Bonchev–Trinajstić information content (AvgIpc) is 2.74. The van der Waals surface area contributed by atoms with Crippen molar-refractivity contribution < 1.29 is 9.53 Å². The lowest BCUT2D eigenvalue weighted by molar-refractivity contribution is -0.149. The van der Waals surface area contributed by atoms with Gasteiger partial charge in [-0.05, 0) is 46.1 Å². The molecular weight excluding hydrogens is 228 g/mol. The Morgan fingerprint density at radius 1 is 1.50 bits per heavy atom. The fraction of sp³-hybridized carbons (Fsp3) is 0.929. The lowest BCUT2D eigenvalue weighted by Crippen LogP contribution is -2.49. The lowest BCUT2D eigenvalue weighted by Gasteiger charge is -2.33. The summed E-state index contributed by atoms with van der Waals surface area (Å²) in [5.74, 6) is -0.229. The van der Waals surface area contributed by atoms with Gasteiger partial charge in [0.15, 0.2) is 0 Å². The van der Waals surface area contributed by atoms with E-state index < -0.39 is 5.54 Å². The summed E-state index contributed by atoms with van der Waals surface area (Å²) in [6, 6.07) is 0.962. The van der Waals surface area contributed by atoms with E-state index in [1.54, 1.807) is 0 Å². The van der Waals surface area contributed by atoms with Crippen molar-refractivity contribution in [2.24, 2.45) is 5.73 Å². The smallest absolute Gasteiger partial charge is 0.326 e. The molecule has 4 heteroatoms. The molecule has 0 aromatic rings. The molecule has 1 fully saturated rings. The molecule has 0 amide bonds. The van der Waals surface area contributed by atoms with Crippen molar-refractivity contribution in [3.05, 3.63) is 0 Å². The van der Waals surface area contributed by atoms with Gasteiger partial charge in [0, 0.05) is 12.1 Å². The Kier molecular flexibility index (Phi) is 5.60. The van der Waals surface area contributed by atoms with E-state index >= 15 is 0 Å². The highest BCUT2D eigenvalue weighted by Gasteiger charge is 2.45. The van der Waals surface area contributed by atoms with E-state index in [9.17, 15) is 4.79 Å². The highest BCUT2D eigenvalue weighted by atomic mass is 16.5. The molecule has 106 valence electrons. The molecule has 18 heavy (non-hydrogen) atoms. The molecule has 0 saturated heterocycles. The maximum absolute atomic E-state index is 11.9. The van der Waals surface area contributed by atoms with Crippen LogP contribution in [0.1, 0.15) is 53.4 Å². The monoisotopic (exact) mass is 256 g/mol. The third kappa shape index (κ3) is 3.23. The molecule has 0 aliphatic heterocycles. The van der Waals surface area contributed by atoms with Crippen LogP contribution < -0.4 is 5.73 Å². The first kappa shape index (κ1) is 15.4. The zero-order chi connectivity index (χ0) is 13.8. The lowest BCUT2D eigenvalue weighted by atomic mass is 9.98. The van der Waals surface area contributed by atoms with Gasteiger partial charge in [0.2, 0.25) is 0 Å². The van der Waals surface area contributed by atoms with Crippen molar-refractivity contribution in [2.75, 3.05) is 13.2 Å². The predicted molar refractivity (Wildman–Crippen MR) is 73.3 cm³/mol. The molecule has 0 aromatic heterocycles. The van der Waals surface area contributed by atoms with Crippen molar-refractivity contribution in [1.29, 1.82) is 0 Å². The summed E-state index contributed by atoms with van der Waals surface area (Å²) in [5, 5.41) is 0. The first-order chi connectivity index (χ1) is 8.48. The molecule has 0 radical (unpaired) electrons. The van der Waals surface area contributed by atoms with Crippen molar-refractivity contribution in [3.8, 4) is 0 Å². The first-order valence-corrected chi connectivity index (χ1v) is 7.20. The van der Waals surface area contributed by atoms with Crippen LogP contribution in [-0.2, 0) is 9.53 Å². The van der Waals surface area contributed by atoms with E-state index in [4.69, 9.17) is 10.5 Å². The standard InChI is InChI=1S/C14H28N2O2/c1-5-11(4)16(6-2)12-8-9-14(15,10-12)13(17)18-7-3/h11-12H,5-10,15H2,1-4H3. The van der Waals surface area contributed by atoms with E-state index in [1.165, 1.54) is 0 Å². The Morgan fingerprint density at radius 3 is 2.67 bits per heavy atom. The van der Waals surface area contributed by atoms with Gasteiger partial charge < -0.3 is 10.5 Å². The summed E-state index contributed by atoms with van der Waals surface area (Å²) < 4.78 is 5.09. The summed E-state index contributed by atoms with van der Waals surface area (Å²) in [6.07, 6.45) is 3.59. The SMILES string of the molecule is CCOC(=O)C1(N)CCC(N(CC)C(C)CC)C1. The molecule has 2 N–H and O–H groups in total. The number of nitrogens with two attached hydrogens (primary N) is 1. The van der Waals surface area contributed by atoms with Gasteiger partial charge in [-0.25, -0.2) is 0 Å². The normalized spacial score (nSPS) is 29.6. The van der Waals surface area contributed by atoms with Gasteiger partial charge in [-0.2, -0.15) is 0 Å². The van der Waals surface area contributed by atoms with Crippen molar-refractivity contribution in [1.82, 2.24) is 4.90 Å². The summed E-state index contributed by atoms with van der Waals surface area (Å²) in [4.78, 5) is 14.4. The number of esters is 1. The van der Waals surface area contributed by atoms with E-state index in [0.717, 1.165) is 32.2 Å². The number of nitrogens with zero attached hydrogens (tertiary/aromatic N) is 1. The van der Waals surface area contributed by atoms with Crippen LogP contribution in [0.15, 0.2) is 0 Å². The van der Waals surface area contributed by atoms with Gasteiger partial charge in [-0.3, -0.25) is 9.69 Å². The quantitative estimate of drug-likeness (QED) is 0.738. The molecule has 0 aromatic carbocycles. The molecule has 1 saturated carbocycles. The number of hydrogen-bond donors (Lipinski definition) is 1. The fourth-order valence-electron chi connectivity index (χ4n) is 2.96. The Bertz CT molecular complexity index is 283. The molecule has 0 spiro atoms. The average molecular weight is 256 g/mol. The minimum absolute atomic E-state index is 0.229. The Labute approximate surface area is 111 Å². The summed E-state index contributed by atoms with van der Waals surface area (Å²) >= 11 is 0. The Hall–Kier alpha value is -0.610. The molecule has 1 aliphatic rings. The number of carbonyl (C=O) groups excluding carboxylic acids is 1. The maximum atomic E-state index is 11.9. The Morgan fingerprint density at radius 2 is 2.17 bits per heavy atom. The minimum Gasteiger partial charge on any atom is -0.465 e.